The average molecular weight is 250 g/mol. The van der Waals surface area contributed by atoms with Crippen LogP contribution in [0.15, 0.2) is 24.3 Å². The van der Waals surface area contributed by atoms with Crippen molar-refractivity contribution in [1.82, 2.24) is 5.32 Å². The first-order chi connectivity index (χ1) is 8.56. The first kappa shape index (κ1) is 14.5. The first-order valence-electron chi connectivity index (χ1n) is 6.35. The van der Waals surface area contributed by atoms with Crippen molar-refractivity contribution in [3.05, 3.63) is 29.8 Å². The Kier molecular flexibility index (Phi) is 5.65. The summed E-state index contributed by atoms with van der Waals surface area (Å²) < 4.78 is 0. The Labute approximate surface area is 108 Å². The van der Waals surface area contributed by atoms with Crippen molar-refractivity contribution in [2.24, 2.45) is 5.92 Å². The minimum absolute atomic E-state index is 0.134. The van der Waals surface area contributed by atoms with Crippen LogP contribution in [0, 0.1) is 5.92 Å². The molecule has 100 valence electrons. The minimum Gasteiger partial charge on any atom is -0.391 e. The highest BCUT2D eigenvalue weighted by Crippen LogP contribution is 2.14. The number of aliphatic hydroxyl groups excluding tert-OH is 1. The van der Waals surface area contributed by atoms with E-state index < -0.39 is 6.10 Å². The van der Waals surface area contributed by atoms with Crippen LogP contribution in [0.25, 0.3) is 0 Å². The van der Waals surface area contributed by atoms with Gasteiger partial charge in [0.15, 0.2) is 0 Å². The van der Waals surface area contributed by atoms with Crippen LogP contribution in [0.4, 0.5) is 5.69 Å². The normalized spacial score (nSPS) is 12.3. The molecule has 0 bridgehead atoms. The Morgan fingerprint density at radius 3 is 2.61 bits per heavy atom. The molecule has 0 radical (unpaired) electrons. The highest BCUT2D eigenvalue weighted by molar-refractivity contribution is 5.99. The molecule has 0 aromatic heterocycles. The molecule has 0 heterocycles. The van der Waals surface area contributed by atoms with Gasteiger partial charge in [0.1, 0.15) is 0 Å². The number of carbonyl (C=O) groups is 1. The summed E-state index contributed by atoms with van der Waals surface area (Å²) >= 11 is 0. The smallest absolute Gasteiger partial charge is 0.253 e. The van der Waals surface area contributed by atoms with E-state index in [0.29, 0.717) is 5.56 Å². The summed E-state index contributed by atoms with van der Waals surface area (Å²) in [4.78, 5) is 12.0. The quantitative estimate of drug-likeness (QED) is 0.722. The number of amides is 1. The molecule has 1 aromatic carbocycles. The number of anilines is 1. The molecule has 1 aromatic rings. The predicted molar refractivity (Wildman–Crippen MR) is 73.8 cm³/mol. The molecule has 0 aliphatic carbocycles. The van der Waals surface area contributed by atoms with Gasteiger partial charge in [-0.25, -0.2) is 0 Å². The predicted octanol–water partition coefficient (Wildman–Crippen LogP) is 1.87. The molecule has 18 heavy (non-hydrogen) atoms. The Bertz CT molecular complexity index is 391. The van der Waals surface area contributed by atoms with Gasteiger partial charge in [-0.3, -0.25) is 4.79 Å². The van der Waals surface area contributed by atoms with Crippen LogP contribution in [0.3, 0.4) is 0 Å². The molecule has 1 rings (SSSR count). The zero-order chi connectivity index (χ0) is 13.5. The van der Waals surface area contributed by atoms with Gasteiger partial charge in [0.2, 0.25) is 0 Å². The largest absolute Gasteiger partial charge is 0.391 e. The molecule has 4 nitrogen and oxygen atoms in total. The van der Waals surface area contributed by atoms with Crippen molar-refractivity contribution in [3.63, 3.8) is 0 Å². The topological polar surface area (TPSA) is 61.4 Å². The molecule has 1 atom stereocenters. The Hall–Kier alpha value is -1.55. The summed E-state index contributed by atoms with van der Waals surface area (Å²) in [6.07, 6.45) is -0.514. The minimum atomic E-state index is -0.514. The van der Waals surface area contributed by atoms with E-state index in [1.54, 1.807) is 6.07 Å². The highest BCUT2D eigenvalue weighted by Gasteiger charge is 2.13. The van der Waals surface area contributed by atoms with Gasteiger partial charge in [-0.05, 0) is 25.0 Å². The number of carbonyl (C=O) groups excluding carboxylic acids is 1. The summed E-state index contributed by atoms with van der Waals surface area (Å²) in [5.74, 6) is -0.0273. The lowest BCUT2D eigenvalue weighted by Gasteiger charge is -2.16. The molecule has 0 aliphatic rings. The maximum Gasteiger partial charge on any atom is 0.253 e. The van der Waals surface area contributed by atoms with E-state index in [1.165, 1.54) is 0 Å². The average Bonchev–Trinajstić information content (AvgIpc) is 2.36. The Balaban J connectivity index is 2.66. The first-order valence-corrected chi connectivity index (χ1v) is 6.35. The number of benzene rings is 1. The van der Waals surface area contributed by atoms with Gasteiger partial charge in [0, 0.05) is 18.8 Å². The third kappa shape index (κ3) is 4.04. The number of hydrogen-bond acceptors (Lipinski definition) is 3. The summed E-state index contributed by atoms with van der Waals surface area (Å²) in [5, 5.41) is 15.6. The van der Waals surface area contributed by atoms with Crippen LogP contribution in [-0.2, 0) is 0 Å². The lowest BCUT2D eigenvalue weighted by molar-refractivity contribution is 0.0872. The van der Waals surface area contributed by atoms with Gasteiger partial charge in [-0.15, -0.1) is 0 Å². The third-order valence-corrected chi connectivity index (χ3v) is 2.78. The van der Waals surface area contributed by atoms with E-state index in [-0.39, 0.29) is 18.4 Å². The maximum absolute atomic E-state index is 12.0. The number of rotatable bonds is 6. The van der Waals surface area contributed by atoms with Crippen LogP contribution in [0.2, 0.25) is 0 Å². The van der Waals surface area contributed by atoms with Crippen molar-refractivity contribution in [3.8, 4) is 0 Å². The van der Waals surface area contributed by atoms with E-state index in [2.05, 4.69) is 10.6 Å². The lowest BCUT2D eigenvalue weighted by atomic mass is 10.1. The van der Waals surface area contributed by atoms with Gasteiger partial charge in [0.05, 0.1) is 11.7 Å². The second-order valence-electron chi connectivity index (χ2n) is 4.60. The van der Waals surface area contributed by atoms with Gasteiger partial charge >= 0.3 is 0 Å². The zero-order valence-electron chi connectivity index (χ0n) is 11.2. The number of para-hydroxylation sites is 1. The van der Waals surface area contributed by atoms with Gasteiger partial charge in [-0.2, -0.15) is 0 Å². The molecule has 1 amide bonds. The van der Waals surface area contributed by atoms with E-state index in [0.717, 1.165) is 12.2 Å². The van der Waals surface area contributed by atoms with Crippen LogP contribution >= 0.6 is 0 Å². The molecule has 0 fully saturated rings. The van der Waals surface area contributed by atoms with E-state index in [1.807, 2.05) is 39.0 Å². The number of nitrogens with one attached hydrogen (secondary N) is 2. The van der Waals surface area contributed by atoms with Crippen LogP contribution in [0.5, 0.6) is 0 Å². The van der Waals surface area contributed by atoms with Gasteiger partial charge < -0.3 is 15.7 Å². The summed E-state index contributed by atoms with van der Waals surface area (Å²) in [7, 11) is 0. The molecular weight excluding hydrogens is 228 g/mol. The highest BCUT2D eigenvalue weighted by atomic mass is 16.3. The summed E-state index contributed by atoms with van der Waals surface area (Å²) in [6.45, 7) is 6.86. The molecule has 0 saturated heterocycles. The third-order valence-electron chi connectivity index (χ3n) is 2.78. The Morgan fingerprint density at radius 1 is 1.33 bits per heavy atom. The second kappa shape index (κ2) is 7.01. The van der Waals surface area contributed by atoms with E-state index >= 15 is 0 Å². The molecule has 4 heteroatoms. The molecule has 0 spiro atoms. The number of aliphatic hydroxyl groups is 1. The Morgan fingerprint density at radius 2 is 2.00 bits per heavy atom. The van der Waals surface area contributed by atoms with Crippen LogP contribution in [0.1, 0.15) is 31.1 Å². The zero-order valence-corrected chi connectivity index (χ0v) is 11.2. The SMILES string of the molecule is CCNc1ccccc1C(=O)NCC(O)C(C)C. The second-order valence-corrected chi connectivity index (χ2v) is 4.60. The lowest BCUT2D eigenvalue weighted by Crippen LogP contribution is -2.35. The van der Waals surface area contributed by atoms with Crippen molar-refractivity contribution in [2.45, 2.75) is 26.9 Å². The van der Waals surface area contributed by atoms with Crippen LogP contribution < -0.4 is 10.6 Å². The van der Waals surface area contributed by atoms with Crippen molar-refractivity contribution < 1.29 is 9.90 Å². The van der Waals surface area contributed by atoms with Crippen molar-refractivity contribution >= 4 is 11.6 Å². The van der Waals surface area contributed by atoms with Gasteiger partial charge in [-0.1, -0.05) is 26.0 Å². The van der Waals surface area contributed by atoms with E-state index in [4.69, 9.17) is 0 Å². The van der Waals surface area contributed by atoms with Crippen molar-refractivity contribution in [2.75, 3.05) is 18.4 Å². The number of hydrogen-bond donors (Lipinski definition) is 3. The fourth-order valence-corrected chi connectivity index (χ4v) is 1.55. The fourth-order valence-electron chi connectivity index (χ4n) is 1.55. The monoisotopic (exact) mass is 250 g/mol. The molecule has 0 saturated carbocycles. The van der Waals surface area contributed by atoms with Crippen molar-refractivity contribution in [1.29, 1.82) is 0 Å². The fraction of sp³-hybridized carbons (Fsp3) is 0.500. The molecular formula is C14H22N2O2. The van der Waals surface area contributed by atoms with Gasteiger partial charge in [0.25, 0.3) is 5.91 Å². The van der Waals surface area contributed by atoms with Crippen LogP contribution in [-0.4, -0.2) is 30.2 Å². The maximum atomic E-state index is 12.0. The molecule has 1 unspecified atom stereocenters. The summed E-state index contributed by atoms with van der Waals surface area (Å²) in [6, 6.07) is 7.36. The summed E-state index contributed by atoms with van der Waals surface area (Å²) in [5.41, 5.74) is 1.42. The molecule has 3 N–H and O–H groups in total. The molecule has 0 aliphatic heterocycles. The standard InChI is InChI=1S/C14H22N2O2/c1-4-15-12-8-6-5-7-11(12)14(18)16-9-13(17)10(2)3/h5-8,10,13,15,17H,4,9H2,1-3H3,(H,16,18). The van der Waals surface area contributed by atoms with E-state index in [9.17, 15) is 9.90 Å².